The fourth-order valence-corrected chi connectivity index (χ4v) is 5.20. The standard InChI is InChI=1S/C24H35NO6/c1-4-27-22-14-20-12-17(2)13-21(25(20)31-22)19(15-24(3)29-10-11-30-24)16-28-23(26)18-8-6-5-7-9-18/h5-9,17,19-22H,4,10-16H2,1-3H3/t17-,19-,20-,21-,22+/m1/s1. The maximum Gasteiger partial charge on any atom is 0.338 e. The van der Waals surface area contributed by atoms with E-state index in [4.69, 9.17) is 23.8 Å². The highest BCUT2D eigenvalue weighted by Crippen LogP contribution is 2.41. The number of fused-ring (bicyclic) bond motifs is 1. The van der Waals surface area contributed by atoms with E-state index in [1.54, 1.807) is 12.1 Å². The minimum atomic E-state index is -0.668. The summed E-state index contributed by atoms with van der Waals surface area (Å²) in [5.74, 6) is -0.403. The Balaban J connectivity index is 1.50. The van der Waals surface area contributed by atoms with Crippen molar-refractivity contribution < 1.29 is 28.6 Å². The number of esters is 1. The van der Waals surface area contributed by atoms with E-state index in [0.717, 1.165) is 19.3 Å². The zero-order valence-corrected chi connectivity index (χ0v) is 18.8. The molecule has 3 saturated heterocycles. The number of hydrogen-bond donors (Lipinski definition) is 0. The van der Waals surface area contributed by atoms with Gasteiger partial charge in [0.15, 0.2) is 12.1 Å². The number of piperidine rings is 1. The second-order valence-corrected chi connectivity index (χ2v) is 9.14. The van der Waals surface area contributed by atoms with Crippen LogP contribution in [0.5, 0.6) is 0 Å². The fourth-order valence-electron chi connectivity index (χ4n) is 5.20. The highest BCUT2D eigenvalue weighted by Gasteiger charge is 2.48. The van der Waals surface area contributed by atoms with Crippen molar-refractivity contribution in [3.8, 4) is 0 Å². The van der Waals surface area contributed by atoms with Gasteiger partial charge in [-0.1, -0.05) is 25.1 Å². The highest BCUT2D eigenvalue weighted by molar-refractivity contribution is 5.89. The molecule has 0 N–H and O–H groups in total. The Morgan fingerprint density at radius 1 is 1.19 bits per heavy atom. The maximum absolute atomic E-state index is 12.6. The van der Waals surface area contributed by atoms with Crippen LogP contribution in [0, 0.1) is 11.8 Å². The van der Waals surface area contributed by atoms with Crippen LogP contribution in [-0.4, -0.2) is 61.6 Å². The molecule has 5 atom stereocenters. The normalized spacial score (nSPS) is 31.3. The van der Waals surface area contributed by atoms with Crippen LogP contribution in [0.4, 0.5) is 0 Å². The van der Waals surface area contributed by atoms with E-state index >= 15 is 0 Å². The molecule has 0 aliphatic carbocycles. The van der Waals surface area contributed by atoms with Crippen LogP contribution in [0.1, 0.15) is 56.8 Å². The van der Waals surface area contributed by atoms with E-state index in [1.807, 2.05) is 32.0 Å². The Morgan fingerprint density at radius 2 is 1.94 bits per heavy atom. The quantitative estimate of drug-likeness (QED) is 0.578. The van der Waals surface area contributed by atoms with Crippen molar-refractivity contribution in [2.75, 3.05) is 26.4 Å². The third-order valence-electron chi connectivity index (χ3n) is 6.57. The molecule has 0 amide bonds. The summed E-state index contributed by atoms with van der Waals surface area (Å²) in [4.78, 5) is 18.9. The maximum atomic E-state index is 12.6. The van der Waals surface area contributed by atoms with Crippen LogP contribution in [0.15, 0.2) is 30.3 Å². The molecule has 0 radical (unpaired) electrons. The molecule has 3 fully saturated rings. The predicted molar refractivity (Wildman–Crippen MR) is 114 cm³/mol. The number of carbonyl (C=O) groups is 1. The number of nitrogens with zero attached hydrogens (tertiary/aromatic N) is 1. The Kier molecular flexibility index (Phi) is 7.29. The first kappa shape index (κ1) is 22.7. The van der Waals surface area contributed by atoms with E-state index in [1.165, 1.54) is 0 Å². The van der Waals surface area contributed by atoms with Gasteiger partial charge in [-0.3, -0.25) is 4.84 Å². The van der Waals surface area contributed by atoms with Crippen LogP contribution in [0.3, 0.4) is 0 Å². The first-order valence-electron chi connectivity index (χ1n) is 11.5. The molecule has 7 heteroatoms. The SMILES string of the molecule is CCO[C@@H]1C[C@H]2C[C@@H](C)C[C@H]([C@@H](COC(=O)c3ccccc3)CC3(C)OCCO3)N2O1. The number of hydrogen-bond acceptors (Lipinski definition) is 7. The molecule has 0 spiro atoms. The molecule has 3 aliphatic heterocycles. The largest absolute Gasteiger partial charge is 0.462 e. The fraction of sp³-hybridized carbons (Fsp3) is 0.708. The van der Waals surface area contributed by atoms with Gasteiger partial charge in [0, 0.05) is 37.5 Å². The Labute approximate surface area is 184 Å². The molecule has 31 heavy (non-hydrogen) atoms. The minimum Gasteiger partial charge on any atom is -0.462 e. The van der Waals surface area contributed by atoms with Gasteiger partial charge in [-0.15, -0.1) is 0 Å². The lowest BCUT2D eigenvalue weighted by Gasteiger charge is -2.43. The Bertz CT molecular complexity index is 722. The first-order chi connectivity index (χ1) is 15.0. The number of rotatable bonds is 8. The second-order valence-electron chi connectivity index (χ2n) is 9.14. The number of hydroxylamine groups is 2. The molecule has 172 valence electrons. The number of ether oxygens (including phenoxy) is 4. The van der Waals surface area contributed by atoms with Crippen LogP contribution in [0.2, 0.25) is 0 Å². The molecule has 3 aliphatic rings. The Hall–Kier alpha value is -1.51. The summed E-state index contributed by atoms with van der Waals surface area (Å²) in [5, 5.41) is 2.12. The van der Waals surface area contributed by atoms with Crippen molar-refractivity contribution >= 4 is 5.97 Å². The third-order valence-corrected chi connectivity index (χ3v) is 6.57. The van der Waals surface area contributed by atoms with Crippen molar-refractivity contribution in [1.82, 2.24) is 5.06 Å². The first-order valence-corrected chi connectivity index (χ1v) is 11.5. The molecule has 0 saturated carbocycles. The van der Waals surface area contributed by atoms with Crippen molar-refractivity contribution in [2.45, 2.75) is 70.6 Å². The lowest BCUT2D eigenvalue weighted by atomic mass is 9.80. The molecule has 1 aromatic rings. The summed E-state index contributed by atoms with van der Waals surface area (Å²) < 4.78 is 23.4. The number of carbonyl (C=O) groups excluding carboxylic acids is 1. The zero-order valence-electron chi connectivity index (χ0n) is 18.8. The highest BCUT2D eigenvalue weighted by atomic mass is 16.8. The molecule has 1 aromatic carbocycles. The molecule has 4 rings (SSSR count). The van der Waals surface area contributed by atoms with Gasteiger partial charge < -0.3 is 18.9 Å². The van der Waals surface area contributed by atoms with Crippen LogP contribution in [0.25, 0.3) is 0 Å². The predicted octanol–water partition coefficient (Wildman–Crippen LogP) is 3.78. The second kappa shape index (κ2) is 9.96. The van der Waals surface area contributed by atoms with Gasteiger partial charge in [-0.05, 0) is 44.7 Å². The van der Waals surface area contributed by atoms with Crippen LogP contribution >= 0.6 is 0 Å². The van der Waals surface area contributed by atoms with E-state index in [0.29, 0.717) is 50.4 Å². The average molecular weight is 434 g/mol. The molecular formula is C24H35NO6. The lowest BCUT2D eigenvalue weighted by Crippen LogP contribution is -2.51. The van der Waals surface area contributed by atoms with Gasteiger partial charge in [-0.2, -0.15) is 5.06 Å². The smallest absolute Gasteiger partial charge is 0.338 e. The van der Waals surface area contributed by atoms with Gasteiger partial charge >= 0.3 is 5.97 Å². The summed E-state index contributed by atoms with van der Waals surface area (Å²) in [6.07, 6.45) is 3.36. The van der Waals surface area contributed by atoms with Gasteiger partial charge in [0.25, 0.3) is 0 Å². The Morgan fingerprint density at radius 3 is 2.65 bits per heavy atom. The van der Waals surface area contributed by atoms with Gasteiger partial charge in [0.1, 0.15) is 0 Å². The molecule has 0 unspecified atom stereocenters. The monoisotopic (exact) mass is 433 g/mol. The summed E-state index contributed by atoms with van der Waals surface area (Å²) in [6.45, 7) is 8.34. The topological polar surface area (TPSA) is 66.5 Å². The van der Waals surface area contributed by atoms with Crippen molar-refractivity contribution in [1.29, 1.82) is 0 Å². The van der Waals surface area contributed by atoms with E-state index in [9.17, 15) is 4.79 Å². The molecule has 7 nitrogen and oxygen atoms in total. The van der Waals surface area contributed by atoms with E-state index in [2.05, 4.69) is 12.0 Å². The molecule has 0 aromatic heterocycles. The summed E-state index contributed by atoms with van der Waals surface area (Å²) in [7, 11) is 0. The van der Waals surface area contributed by atoms with E-state index < -0.39 is 5.79 Å². The molecular weight excluding hydrogens is 398 g/mol. The molecule has 3 heterocycles. The van der Waals surface area contributed by atoms with Gasteiger partial charge in [-0.25, -0.2) is 4.79 Å². The third kappa shape index (κ3) is 5.46. The van der Waals surface area contributed by atoms with Crippen LogP contribution in [-0.2, 0) is 23.8 Å². The minimum absolute atomic E-state index is 0.0152. The summed E-state index contributed by atoms with van der Waals surface area (Å²) >= 11 is 0. The van der Waals surface area contributed by atoms with E-state index in [-0.39, 0.29) is 24.2 Å². The van der Waals surface area contributed by atoms with Gasteiger partial charge in [0.2, 0.25) is 0 Å². The van der Waals surface area contributed by atoms with Crippen molar-refractivity contribution in [3.05, 3.63) is 35.9 Å². The van der Waals surface area contributed by atoms with Crippen molar-refractivity contribution in [2.24, 2.45) is 11.8 Å². The van der Waals surface area contributed by atoms with Gasteiger partial charge in [0.05, 0.1) is 25.4 Å². The number of benzene rings is 1. The molecule has 0 bridgehead atoms. The van der Waals surface area contributed by atoms with Crippen LogP contribution < -0.4 is 0 Å². The van der Waals surface area contributed by atoms with Crippen molar-refractivity contribution in [3.63, 3.8) is 0 Å². The average Bonchev–Trinajstić information content (AvgIpc) is 3.37. The lowest BCUT2D eigenvalue weighted by molar-refractivity contribution is -0.276. The summed E-state index contributed by atoms with van der Waals surface area (Å²) in [6, 6.07) is 9.54. The summed E-state index contributed by atoms with van der Waals surface area (Å²) in [5.41, 5.74) is 0.560. The zero-order chi connectivity index (χ0) is 21.8.